The summed E-state index contributed by atoms with van der Waals surface area (Å²) in [5, 5.41) is 8.48. The molecule has 5 heteroatoms. The molecule has 102 valence electrons. The van der Waals surface area contributed by atoms with E-state index >= 15 is 0 Å². The fourth-order valence-corrected chi connectivity index (χ4v) is 1.53. The van der Waals surface area contributed by atoms with Crippen LogP contribution in [-0.4, -0.2) is 23.7 Å². The standard InChI is InChI=1S/C14H16O5/c15-13(16)7-8-18-12-5-1-10(2-6-12)9-19-14(17)11-3-4-11/h1-2,5-6,11H,3-4,7-9H2,(H,15,16). The average molecular weight is 264 g/mol. The van der Waals surface area contributed by atoms with Gasteiger partial charge >= 0.3 is 11.9 Å². The highest BCUT2D eigenvalue weighted by Gasteiger charge is 2.31. The van der Waals surface area contributed by atoms with Gasteiger partial charge in [0.2, 0.25) is 0 Å². The average Bonchev–Trinajstić information content (AvgIpc) is 3.21. The molecular weight excluding hydrogens is 248 g/mol. The van der Waals surface area contributed by atoms with Crippen LogP contribution in [0.3, 0.4) is 0 Å². The molecule has 5 nitrogen and oxygen atoms in total. The number of esters is 1. The van der Waals surface area contributed by atoms with E-state index in [0.29, 0.717) is 5.75 Å². The number of benzene rings is 1. The van der Waals surface area contributed by atoms with E-state index in [1.54, 1.807) is 24.3 Å². The molecule has 0 saturated heterocycles. The lowest BCUT2D eigenvalue weighted by Crippen LogP contribution is -2.06. The van der Waals surface area contributed by atoms with Gasteiger partial charge in [0.05, 0.1) is 18.9 Å². The molecule has 0 radical (unpaired) electrons. The summed E-state index contributed by atoms with van der Waals surface area (Å²) in [6.45, 7) is 0.413. The molecule has 1 N–H and O–H groups in total. The number of carbonyl (C=O) groups is 2. The number of carbonyl (C=O) groups excluding carboxylic acids is 1. The Morgan fingerprint density at radius 2 is 1.89 bits per heavy atom. The fraction of sp³-hybridized carbons (Fsp3) is 0.429. The minimum Gasteiger partial charge on any atom is -0.493 e. The van der Waals surface area contributed by atoms with Crippen LogP contribution in [0.5, 0.6) is 5.75 Å². The summed E-state index contributed by atoms with van der Waals surface area (Å²) in [6, 6.07) is 7.08. The Balaban J connectivity index is 1.74. The van der Waals surface area contributed by atoms with Crippen molar-refractivity contribution in [3.63, 3.8) is 0 Å². The third-order valence-electron chi connectivity index (χ3n) is 2.80. The minimum absolute atomic E-state index is 0.0270. The zero-order chi connectivity index (χ0) is 13.7. The van der Waals surface area contributed by atoms with E-state index in [9.17, 15) is 9.59 Å². The Labute approximate surface area is 111 Å². The van der Waals surface area contributed by atoms with Crippen LogP contribution in [0, 0.1) is 5.92 Å². The summed E-state index contributed by atoms with van der Waals surface area (Å²) in [6.07, 6.45) is 1.85. The number of rotatable bonds is 7. The molecule has 1 fully saturated rings. The Morgan fingerprint density at radius 1 is 1.21 bits per heavy atom. The van der Waals surface area contributed by atoms with Crippen molar-refractivity contribution >= 4 is 11.9 Å². The van der Waals surface area contributed by atoms with Crippen molar-refractivity contribution in [1.82, 2.24) is 0 Å². The second kappa shape index (κ2) is 6.22. The van der Waals surface area contributed by atoms with Gasteiger partial charge in [-0.1, -0.05) is 12.1 Å². The maximum absolute atomic E-state index is 11.3. The molecule has 0 aromatic heterocycles. The van der Waals surface area contributed by atoms with Gasteiger partial charge in [-0.05, 0) is 30.5 Å². The van der Waals surface area contributed by atoms with Crippen molar-refractivity contribution in [2.75, 3.05) is 6.61 Å². The zero-order valence-electron chi connectivity index (χ0n) is 10.5. The van der Waals surface area contributed by atoms with E-state index < -0.39 is 5.97 Å². The summed E-state index contributed by atoms with van der Waals surface area (Å²) in [5.74, 6) is -0.289. The highest BCUT2D eigenvalue weighted by atomic mass is 16.5. The monoisotopic (exact) mass is 264 g/mol. The second-order valence-corrected chi connectivity index (χ2v) is 4.52. The summed E-state index contributed by atoms with van der Waals surface area (Å²) in [5.41, 5.74) is 0.889. The number of carboxylic acids is 1. The topological polar surface area (TPSA) is 72.8 Å². The van der Waals surface area contributed by atoms with Gasteiger partial charge in [-0.25, -0.2) is 0 Å². The molecule has 1 aliphatic rings. The highest BCUT2D eigenvalue weighted by molar-refractivity contribution is 5.74. The molecule has 0 aliphatic heterocycles. The molecule has 1 aromatic rings. The van der Waals surface area contributed by atoms with E-state index in [-0.39, 0.29) is 31.5 Å². The molecule has 0 spiro atoms. The number of ether oxygens (including phenoxy) is 2. The lowest BCUT2D eigenvalue weighted by molar-refractivity contribution is -0.146. The highest BCUT2D eigenvalue weighted by Crippen LogP contribution is 2.30. The maximum Gasteiger partial charge on any atom is 0.309 e. The van der Waals surface area contributed by atoms with Crippen LogP contribution in [0.4, 0.5) is 0 Å². The molecule has 0 atom stereocenters. The number of carboxylic acid groups (broad SMARTS) is 1. The normalized spacial score (nSPS) is 13.9. The summed E-state index contributed by atoms with van der Waals surface area (Å²) >= 11 is 0. The lowest BCUT2D eigenvalue weighted by atomic mass is 10.2. The van der Waals surface area contributed by atoms with Crippen LogP contribution in [0.25, 0.3) is 0 Å². The zero-order valence-corrected chi connectivity index (χ0v) is 10.5. The van der Waals surface area contributed by atoms with Gasteiger partial charge in [0, 0.05) is 0 Å². The van der Waals surface area contributed by atoms with Crippen molar-refractivity contribution in [2.45, 2.75) is 25.9 Å². The molecular formula is C14H16O5. The van der Waals surface area contributed by atoms with Crippen molar-refractivity contribution in [3.05, 3.63) is 29.8 Å². The number of aliphatic carboxylic acids is 1. The first-order chi connectivity index (χ1) is 9.15. The second-order valence-electron chi connectivity index (χ2n) is 4.52. The number of hydrogen-bond acceptors (Lipinski definition) is 4. The van der Waals surface area contributed by atoms with Crippen LogP contribution >= 0.6 is 0 Å². The molecule has 19 heavy (non-hydrogen) atoms. The van der Waals surface area contributed by atoms with E-state index in [1.807, 2.05) is 0 Å². The first-order valence-corrected chi connectivity index (χ1v) is 6.25. The smallest absolute Gasteiger partial charge is 0.309 e. The molecule has 2 rings (SSSR count). The lowest BCUT2D eigenvalue weighted by Gasteiger charge is -2.07. The first kappa shape index (κ1) is 13.4. The van der Waals surface area contributed by atoms with Crippen molar-refractivity contribution in [2.24, 2.45) is 5.92 Å². The van der Waals surface area contributed by atoms with Crippen LogP contribution in [0.1, 0.15) is 24.8 Å². The van der Waals surface area contributed by atoms with Gasteiger partial charge in [0.25, 0.3) is 0 Å². The van der Waals surface area contributed by atoms with Gasteiger partial charge in [0.15, 0.2) is 0 Å². The number of hydrogen-bond donors (Lipinski definition) is 1. The third kappa shape index (κ3) is 4.62. The van der Waals surface area contributed by atoms with Gasteiger partial charge in [-0.3, -0.25) is 9.59 Å². The first-order valence-electron chi connectivity index (χ1n) is 6.25. The summed E-state index contributed by atoms with van der Waals surface area (Å²) in [7, 11) is 0. The van der Waals surface area contributed by atoms with Crippen LogP contribution in [0.2, 0.25) is 0 Å². The van der Waals surface area contributed by atoms with E-state index in [2.05, 4.69) is 0 Å². The Kier molecular flexibility index (Phi) is 4.39. The molecule has 0 bridgehead atoms. The molecule has 1 saturated carbocycles. The van der Waals surface area contributed by atoms with E-state index in [4.69, 9.17) is 14.6 Å². The van der Waals surface area contributed by atoms with Crippen LogP contribution in [-0.2, 0) is 20.9 Å². The van der Waals surface area contributed by atoms with Gasteiger partial charge < -0.3 is 14.6 Å². The van der Waals surface area contributed by atoms with Gasteiger partial charge in [-0.2, -0.15) is 0 Å². The van der Waals surface area contributed by atoms with Crippen molar-refractivity contribution in [1.29, 1.82) is 0 Å². The summed E-state index contributed by atoms with van der Waals surface area (Å²) < 4.78 is 10.4. The predicted molar refractivity (Wildman–Crippen MR) is 66.7 cm³/mol. The summed E-state index contributed by atoms with van der Waals surface area (Å²) in [4.78, 5) is 21.7. The van der Waals surface area contributed by atoms with Gasteiger partial charge in [0.1, 0.15) is 12.4 Å². The molecule has 0 heterocycles. The fourth-order valence-electron chi connectivity index (χ4n) is 1.53. The van der Waals surface area contributed by atoms with E-state index in [0.717, 1.165) is 18.4 Å². The third-order valence-corrected chi connectivity index (χ3v) is 2.80. The van der Waals surface area contributed by atoms with Crippen molar-refractivity contribution < 1.29 is 24.2 Å². The van der Waals surface area contributed by atoms with Crippen LogP contribution < -0.4 is 4.74 Å². The Hall–Kier alpha value is -2.04. The molecule has 1 aromatic carbocycles. The molecule has 0 amide bonds. The van der Waals surface area contributed by atoms with Gasteiger partial charge in [-0.15, -0.1) is 0 Å². The Bertz CT molecular complexity index is 447. The molecule has 1 aliphatic carbocycles. The molecule has 0 unspecified atom stereocenters. The predicted octanol–water partition coefficient (Wildman–Crippen LogP) is 1.99. The Morgan fingerprint density at radius 3 is 2.47 bits per heavy atom. The largest absolute Gasteiger partial charge is 0.493 e. The quantitative estimate of drug-likeness (QED) is 0.762. The maximum atomic E-state index is 11.3. The SMILES string of the molecule is O=C(O)CCOc1ccc(COC(=O)C2CC2)cc1. The van der Waals surface area contributed by atoms with E-state index in [1.165, 1.54) is 0 Å². The minimum atomic E-state index is -0.886. The van der Waals surface area contributed by atoms with Crippen molar-refractivity contribution in [3.8, 4) is 5.75 Å². The van der Waals surface area contributed by atoms with Crippen LogP contribution in [0.15, 0.2) is 24.3 Å².